The van der Waals surface area contributed by atoms with E-state index < -0.39 is 5.97 Å². The average Bonchev–Trinajstić information content (AvgIpc) is 2.26. The minimum atomic E-state index is -1.01. The molecule has 0 aromatic heterocycles. The lowest BCUT2D eigenvalue weighted by Crippen LogP contribution is -2.42. The maximum atomic E-state index is 11.8. The molecule has 0 bridgehead atoms. The van der Waals surface area contributed by atoms with Crippen molar-refractivity contribution in [1.82, 2.24) is 0 Å². The fraction of sp³-hybridized carbons (Fsp3) is 0.333. The molecule has 1 aliphatic rings. The smallest absolute Gasteiger partial charge is 0.335 e. The Morgan fingerprint density at radius 2 is 2.06 bits per heavy atom. The molecule has 0 unspecified atom stereocenters. The molecule has 2 rings (SSSR count). The van der Waals surface area contributed by atoms with Gasteiger partial charge in [-0.25, -0.2) is 4.79 Å². The van der Waals surface area contributed by atoms with Crippen molar-refractivity contribution in [2.24, 2.45) is 5.92 Å². The molecule has 1 aromatic rings. The van der Waals surface area contributed by atoms with Crippen LogP contribution in [0.3, 0.4) is 0 Å². The number of carbonyl (C=O) groups excluding carboxylic acids is 1. The number of carboxylic acids is 1. The molecule has 0 saturated carbocycles. The van der Waals surface area contributed by atoms with Gasteiger partial charge >= 0.3 is 5.97 Å². The molecule has 5 heteroatoms. The summed E-state index contributed by atoms with van der Waals surface area (Å²) in [7, 11) is 0. The normalized spacial score (nSPS) is 18.3. The number of rotatable bonds is 2. The first-order chi connectivity index (χ1) is 7.99. The van der Waals surface area contributed by atoms with Crippen molar-refractivity contribution >= 4 is 23.3 Å². The monoisotopic (exact) mass is 234 g/mol. The summed E-state index contributed by atoms with van der Waals surface area (Å²) in [5, 5.41) is 14.7. The molecule has 0 saturated heterocycles. The number of anilines is 2. The van der Waals surface area contributed by atoms with Gasteiger partial charge in [-0.1, -0.05) is 13.8 Å². The Hall–Kier alpha value is -2.04. The van der Waals surface area contributed by atoms with E-state index in [-0.39, 0.29) is 23.4 Å². The van der Waals surface area contributed by atoms with E-state index in [1.807, 2.05) is 13.8 Å². The second kappa shape index (κ2) is 4.08. The van der Waals surface area contributed by atoms with Crippen LogP contribution < -0.4 is 10.6 Å². The van der Waals surface area contributed by atoms with Gasteiger partial charge in [0.15, 0.2) is 0 Å². The Bertz CT molecular complexity index is 483. The zero-order valence-corrected chi connectivity index (χ0v) is 9.65. The minimum absolute atomic E-state index is 0.130. The third-order valence-electron chi connectivity index (χ3n) is 2.78. The number of aromatic carboxylic acids is 1. The Labute approximate surface area is 98.8 Å². The van der Waals surface area contributed by atoms with Crippen molar-refractivity contribution in [3.05, 3.63) is 23.8 Å². The second-order valence-electron chi connectivity index (χ2n) is 4.42. The molecule has 90 valence electrons. The van der Waals surface area contributed by atoms with Crippen LogP contribution in [0.4, 0.5) is 11.4 Å². The molecule has 1 atom stereocenters. The zero-order chi connectivity index (χ0) is 12.6. The molecule has 0 radical (unpaired) electrons. The number of fused-ring (bicyclic) bond motifs is 1. The molecule has 0 spiro atoms. The van der Waals surface area contributed by atoms with Crippen molar-refractivity contribution in [3.63, 3.8) is 0 Å². The molecule has 1 heterocycles. The van der Waals surface area contributed by atoms with Gasteiger partial charge in [0.1, 0.15) is 6.04 Å². The molecule has 0 aliphatic carbocycles. The maximum Gasteiger partial charge on any atom is 0.335 e. The zero-order valence-electron chi connectivity index (χ0n) is 9.65. The van der Waals surface area contributed by atoms with Gasteiger partial charge in [0, 0.05) is 0 Å². The van der Waals surface area contributed by atoms with Gasteiger partial charge in [-0.05, 0) is 24.1 Å². The second-order valence-corrected chi connectivity index (χ2v) is 4.42. The van der Waals surface area contributed by atoms with Gasteiger partial charge in [-0.15, -0.1) is 0 Å². The van der Waals surface area contributed by atoms with E-state index in [2.05, 4.69) is 10.6 Å². The van der Waals surface area contributed by atoms with Gasteiger partial charge in [0.25, 0.3) is 0 Å². The summed E-state index contributed by atoms with van der Waals surface area (Å²) < 4.78 is 0. The summed E-state index contributed by atoms with van der Waals surface area (Å²) in [6.07, 6.45) is 0. The first kappa shape index (κ1) is 11.4. The lowest BCUT2D eigenvalue weighted by molar-refractivity contribution is -0.117. The number of nitrogens with one attached hydrogen (secondary N) is 2. The van der Waals surface area contributed by atoms with E-state index in [1.54, 1.807) is 6.07 Å². The third-order valence-corrected chi connectivity index (χ3v) is 2.78. The van der Waals surface area contributed by atoms with E-state index >= 15 is 0 Å². The van der Waals surface area contributed by atoms with E-state index in [0.29, 0.717) is 5.69 Å². The number of carbonyl (C=O) groups is 2. The van der Waals surface area contributed by atoms with Crippen LogP contribution in [-0.2, 0) is 4.79 Å². The molecule has 5 nitrogen and oxygen atoms in total. The highest BCUT2D eigenvalue weighted by atomic mass is 16.4. The lowest BCUT2D eigenvalue weighted by Gasteiger charge is -2.29. The first-order valence-electron chi connectivity index (χ1n) is 5.44. The van der Waals surface area contributed by atoms with Crippen molar-refractivity contribution in [3.8, 4) is 0 Å². The average molecular weight is 234 g/mol. The molecule has 1 amide bonds. The van der Waals surface area contributed by atoms with Crippen molar-refractivity contribution in [1.29, 1.82) is 0 Å². The van der Waals surface area contributed by atoms with Crippen molar-refractivity contribution < 1.29 is 14.7 Å². The number of hydrogen-bond donors (Lipinski definition) is 3. The fourth-order valence-corrected chi connectivity index (χ4v) is 1.82. The van der Waals surface area contributed by atoms with E-state index in [9.17, 15) is 9.59 Å². The number of benzene rings is 1. The van der Waals surface area contributed by atoms with Crippen LogP contribution in [0, 0.1) is 5.92 Å². The van der Waals surface area contributed by atoms with Crippen LogP contribution in [0.2, 0.25) is 0 Å². The van der Waals surface area contributed by atoms with Crippen LogP contribution in [0.25, 0.3) is 0 Å². The summed E-state index contributed by atoms with van der Waals surface area (Å²) in [4.78, 5) is 22.6. The highest BCUT2D eigenvalue weighted by Crippen LogP contribution is 2.29. The summed E-state index contributed by atoms with van der Waals surface area (Å²) in [5.74, 6) is -0.967. The van der Waals surface area contributed by atoms with Gasteiger partial charge in [-0.3, -0.25) is 4.79 Å². The summed E-state index contributed by atoms with van der Waals surface area (Å²) in [5.41, 5.74) is 1.44. The van der Waals surface area contributed by atoms with Crippen LogP contribution in [0.5, 0.6) is 0 Å². The van der Waals surface area contributed by atoms with Crippen LogP contribution in [0.1, 0.15) is 24.2 Å². The SMILES string of the molecule is CC(C)[C@@H]1Nc2ccc(C(=O)O)cc2NC1=O. The molecular weight excluding hydrogens is 220 g/mol. The third kappa shape index (κ3) is 2.08. The molecule has 0 fully saturated rings. The molecule has 1 aliphatic heterocycles. The Balaban J connectivity index is 2.35. The predicted molar refractivity (Wildman–Crippen MR) is 64.3 cm³/mol. The highest BCUT2D eigenvalue weighted by Gasteiger charge is 2.28. The highest BCUT2D eigenvalue weighted by molar-refractivity contribution is 6.04. The molecule has 1 aromatic carbocycles. The van der Waals surface area contributed by atoms with Gasteiger partial charge < -0.3 is 15.7 Å². The van der Waals surface area contributed by atoms with Gasteiger partial charge in [0.2, 0.25) is 5.91 Å². The van der Waals surface area contributed by atoms with E-state index in [0.717, 1.165) is 5.69 Å². The Morgan fingerprint density at radius 1 is 1.35 bits per heavy atom. The lowest BCUT2D eigenvalue weighted by atomic mass is 10.00. The summed E-state index contributed by atoms with van der Waals surface area (Å²) >= 11 is 0. The van der Waals surface area contributed by atoms with E-state index in [4.69, 9.17) is 5.11 Å². The van der Waals surface area contributed by atoms with Crippen LogP contribution in [0.15, 0.2) is 18.2 Å². The maximum absolute atomic E-state index is 11.8. The summed E-state index contributed by atoms with van der Waals surface area (Å²) in [6.45, 7) is 3.90. The minimum Gasteiger partial charge on any atom is -0.478 e. The topological polar surface area (TPSA) is 78.4 Å². The summed E-state index contributed by atoms with van der Waals surface area (Å²) in [6, 6.07) is 4.37. The molecular formula is C12H14N2O3. The standard InChI is InChI=1S/C12H14N2O3/c1-6(2)10-11(15)14-9-5-7(12(16)17)3-4-8(9)13-10/h3-6,10,13H,1-2H3,(H,14,15)(H,16,17)/t10-/m0/s1. The first-order valence-corrected chi connectivity index (χ1v) is 5.44. The van der Waals surface area contributed by atoms with E-state index in [1.165, 1.54) is 12.1 Å². The van der Waals surface area contributed by atoms with Gasteiger partial charge in [0.05, 0.1) is 16.9 Å². The predicted octanol–water partition coefficient (Wildman–Crippen LogP) is 1.77. The Morgan fingerprint density at radius 3 is 2.65 bits per heavy atom. The Kier molecular flexibility index (Phi) is 2.75. The number of hydrogen-bond acceptors (Lipinski definition) is 3. The quantitative estimate of drug-likeness (QED) is 0.728. The van der Waals surface area contributed by atoms with Gasteiger partial charge in [-0.2, -0.15) is 0 Å². The number of amides is 1. The fourth-order valence-electron chi connectivity index (χ4n) is 1.82. The molecule has 17 heavy (non-hydrogen) atoms. The van der Waals surface area contributed by atoms with Crippen LogP contribution >= 0.6 is 0 Å². The molecule has 3 N–H and O–H groups in total. The van der Waals surface area contributed by atoms with Crippen molar-refractivity contribution in [2.45, 2.75) is 19.9 Å². The van der Waals surface area contributed by atoms with Crippen LogP contribution in [-0.4, -0.2) is 23.0 Å². The van der Waals surface area contributed by atoms with Crippen molar-refractivity contribution in [2.75, 3.05) is 10.6 Å². The number of carboxylic acid groups (broad SMARTS) is 1. The largest absolute Gasteiger partial charge is 0.478 e.